The molecule has 0 atom stereocenters. The molecule has 2 heterocycles. The fourth-order valence-corrected chi connectivity index (χ4v) is 3.79. The van der Waals surface area contributed by atoms with Gasteiger partial charge in [-0.3, -0.25) is 4.79 Å². The van der Waals surface area contributed by atoms with E-state index in [1.807, 2.05) is 6.92 Å². The van der Waals surface area contributed by atoms with E-state index in [1.165, 1.54) is 17.4 Å². The Morgan fingerprint density at radius 3 is 2.86 bits per heavy atom. The number of carbonyl (C=O) groups is 1. The number of aromatic nitrogens is 1. The number of carbonyl (C=O) groups excluding carboxylic acids is 1. The number of hydrogen-bond donors (Lipinski definition) is 0. The maximum absolute atomic E-state index is 13.9. The minimum absolute atomic E-state index is 0.279. The van der Waals surface area contributed by atoms with Crippen LogP contribution in [-0.4, -0.2) is 10.5 Å². The lowest BCUT2D eigenvalue weighted by molar-refractivity contribution is 0.100. The molecule has 0 unspecified atom stereocenters. The maximum atomic E-state index is 13.9. The van der Waals surface area contributed by atoms with Crippen molar-refractivity contribution in [1.82, 2.24) is 4.57 Å². The highest BCUT2D eigenvalue weighted by atomic mass is 32.1. The number of nitrogens with zero attached hydrogens (tertiary/aromatic N) is 2. The van der Waals surface area contributed by atoms with Gasteiger partial charge >= 0.3 is 0 Å². The summed E-state index contributed by atoms with van der Waals surface area (Å²) < 4.78 is 29.3. The van der Waals surface area contributed by atoms with E-state index in [2.05, 4.69) is 4.99 Å². The van der Waals surface area contributed by atoms with Gasteiger partial charge < -0.3 is 4.57 Å². The Balaban J connectivity index is 2.23. The van der Waals surface area contributed by atoms with Crippen molar-refractivity contribution < 1.29 is 13.6 Å². The first-order valence-electron chi connectivity index (χ1n) is 6.21. The number of thiazole rings is 1. The molecule has 108 valence electrons. The SMILES string of the molecule is CCn1c(=NC(=O)c2cccs2)sc2cc(F)cc(F)c21. The maximum Gasteiger partial charge on any atom is 0.289 e. The largest absolute Gasteiger partial charge is 0.314 e. The number of hydrogen-bond acceptors (Lipinski definition) is 3. The summed E-state index contributed by atoms with van der Waals surface area (Å²) in [4.78, 5) is 17.0. The number of amides is 1. The molecule has 21 heavy (non-hydrogen) atoms. The standard InChI is InChI=1S/C14H10F2N2OS2/c1-2-18-12-9(16)6-8(15)7-11(12)21-14(18)17-13(19)10-4-3-5-20-10/h3-7H,2H2,1H3. The molecule has 0 saturated carbocycles. The van der Waals surface area contributed by atoms with E-state index in [0.29, 0.717) is 20.9 Å². The Morgan fingerprint density at radius 1 is 1.38 bits per heavy atom. The zero-order valence-corrected chi connectivity index (χ0v) is 12.6. The molecule has 1 amide bonds. The zero-order chi connectivity index (χ0) is 15.0. The number of thiophene rings is 1. The van der Waals surface area contributed by atoms with Crippen LogP contribution >= 0.6 is 22.7 Å². The lowest BCUT2D eigenvalue weighted by atomic mass is 10.3. The molecule has 3 aromatic rings. The first-order chi connectivity index (χ1) is 10.1. The Morgan fingerprint density at radius 2 is 2.19 bits per heavy atom. The van der Waals surface area contributed by atoms with Gasteiger partial charge in [-0.2, -0.15) is 4.99 Å². The van der Waals surface area contributed by atoms with E-state index in [1.54, 1.807) is 22.1 Å². The highest BCUT2D eigenvalue weighted by Gasteiger charge is 2.13. The molecule has 0 spiro atoms. The summed E-state index contributed by atoms with van der Waals surface area (Å²) in [6.07, 6.45) is 0. The predicted molar refractivity (Wildman–Crippen MR) is 79.6 cm³/mol. The summed E-state index contributed by atoms with van der Waals surface area (Å²) in [5, 5.41) is 1.79. The second-order valence-corrected chi connectivity index (χ2v) is 6.21. The van der Waals surface area contributed by atoms with E-state index < -0.39 is 11.6 Å². The Kier molecular flexibility index (Phi) is 3.69. The summed E-state index contributed by atoms with van der Waals surface area (Å²) in [7, 11) is 0. The molecule has 0 aliphatic carbocycles. The van der Waals surface area contributed by atoms with Gasteiger partial charge in [-0.05, 0) is 24.4 Å². The van der Waals surface area contributed by atoms with E-state index in [-0.39, 0.29) is 11.4 Å². The third-order valence-corrected chi connectivity index (χ3v) is 4.82. The van der Waals surface area contributed by atoms with Crippen molar-refractivity contribution in [2.75, 3.05) is 0 Å². The van der Waals surface area contributed by atoms with Crippen LogP contribution in [0.4, 0.5) is 8.78 Å². The second kappa shape index (κ2) is 5.50. The van der Waals surface area contributed by atoms with Crippen LogP contribution in [0.2, 0.25) is 0 Å². The summed E-state index contributed by atoms with van der Waals surface area (Å²) in [6, 6.07) is 5.54. The van der Waals surface area contributed by atoms with Gasteiger partial charge in [-0.25, -0.2) is 8.78 Å². The topological polar surface area (TPSA) is 34.4 Å². The van der Waals surface area contributed by atoms with Crippen molar-refractivity contribution in [1.29, 1.82) is 0 Å². The monoisotopic (exact) mass is 324 g/mol. The van der Waals surface area contributed by atoms with Crippen molar-refractivity contribution >= 4 is 38.8 Å². The first kappa shape index (κ1) is 14.1. The van der Waals surface area contributed by atoms with Crippen LogP contribution in [0, 0.1) is 11.6 Å². The van der Waals surface area contributed by atoms with Crippen molar-refractivity contribution in [2.24, 2.45) is 4.99 Å². The summed E-state index contributed by atoms with van der Waals surface area (Å²) in [5.41, 5.74) is 0.279. The minimum Gasteiger partial charge on any atom is -0.314 e. The quantitative estimate of drug-likeness (QED) is 0.706. The van der Waals surface area contributed by atoms with E-state index in [0.717, 1.165) is 17.4 Å². The smallest absolute Gasteiger partial charge is 0.289 e. The fourth-order valence-electron chi connectivity index (χ4n) is 2.05. The molecular formula is C14H10F2N2OS2. The molecule has 3 nitrogen and oxygen atoms in total. The van der Waals surface area contributed by atoms with Gasteiger partial charge in [-0.1, -0.05) is 17.4 Å². The molecule has 0 saturated heterocycles. The Bertz CT molecular complexity index is 878. The van der Waals surface area contributed by atoms with Gasteiger partial charge in [0.15, 0.2) is 10.6 Å². The Hall–Kier alpha value is -1.86. The molecule has 7 heteroatoms. The molecule has 2 aromatic heterocycles. The van der Waals surface area contributed by atoms with Crippen molar-refractivity contribution in [2.45, 2.75) is 13.5 Å². The molecule has 3 rings (SSSR count). The predicted octanol–water partition coefficient (Wildman–Crippen LogP) is 3.80. The van der Waals surface area contributed by atoms with Crippen molar-refractivity contribution in [3.63, 3.8) is 0 Å². The van der Waals surface area contributed by atoms with Gasteiger partial charge in [0.1, 0.15) is 5.82 Å². The van der Waals surface area contributed by atoms with Gasteiger partial charge in [0.05, 0.1) is 15.1 Å². The Labute approximate surface area is 126 Å². The van der Waals surface area contributed by atoms with Crippen LogP contribution < -0.4 is 4.80 Å². The van der Waals surface area contributed by atoms with Gasteiger partial charge in [0, 0.05) is 12.6 Å². The molecule has 0 radical (unpaired) electrons. The molecule has 0 fully saturated rings. The zero-order valence-electron chi connectivity index (χ0n) is 11.0. The summed E-state index contributed by atoms with van der Waals surface area (Å²) >= 11 is 2.40. The number of aryl methyl sites for hydroxylation is 1. The highest BCUT2D eigenvalue weighted by molar-refractivity contribution is 7.16. The minimum atomic E-state index is -0.645. The number of rotatable bonds is 2. The van der Waals surface area contributed by atoms with Crippen molar-refractivity contribution in [3.05, 3.63) is 51.0 Å². The van der Waals surface area contributed by atoms with Crippen LogP contribution in [0.3, 0.4) is 0 Å². The number of fused-ring (bicyclic) bond motifs is 1. The van der Waals surface area contributed by atoms with Crippen molar-refractivity contribution in [3.8, 4) is 0 Å². The molecular weight excluding hydrogens is 314 g/mol. The van der Waals surface area contributed by atoms with E-state index >= 15 is 0 Å². The van der Waals surface area contributed by atoms with E-state index in [9.17, 15) is 13.6 Å². The summed E-state index contributed by atoms with van der Waals surface area (Å²) in [6.45, 7) is 2.27. The molecule has 0 N–H and O–H groups in total. The molecule has 1 aromatic carbocycles. The van der Waals surface area contributed by atoms with Crippen LogP contribution in [0.1, 0.15) is 16.6 Å². The average molecular weight is 324 g/mol. The van der Waals surface area contributed by atoms with E-state index in [4.69, 9.17) is 0 Å². The normalized spacial score (nSPS) is 12.2. The van der Waals surface area contributed by atoms with Crippen LogP contribution in [0.5, 0.6) is 0 Å². The summed E-state index contributed by atoms with van der Waals surface area (Å²) in [5.74, 6) is -1.66. The fraction of sp³-hybridized carbons (Fsp3) is 0.143. The van der Waals surface area contributed by atoms with Gasteiger partial charge in [-0.15, -0.1) is 11.3 Å². The average Bonchev–Trinajstić information content (AvgIpc) is 3.05. The van der Waals surface area contributed by atoms with Gasteiger partial charge in [0.25, 0.3) is 5.91 Å². The molecule has 0 bridgehead atoms. The van der Waals surface area contributed by atoms with Crippen LogP contribution in [-0.2, 0) is 6.54 Å². The lowest BCUT2D eigenvalue weighted by Gasteiger charge is -2.01. The highest BCUT2D eigenvalue weighted by Crippen LogP contribution is 2.22. The van der Waals surface area contributed by atoms with Crippen LogP contribution in [0.15, 0.2) is 34.6 Å². The first-order valence-corrected chi connectivity index (χ1v) is 7.90. The third-order valence-electron chi connectivity index (χ3n) is 2.94. The second-order valence-electron chi connectivity index (χ2n) is 4.26. The molecule has 0 aliphatic heterocycles. The van der Waals surface area contributed by atoms with Crippen LogP contribution in [0.25, 0.3) is 10.2 Å². The molecule has 0 aliphatic rings. The lowest BCUT2D eigenvalue weighted by Crippen LogP contribution is -2.16. The number of halogens is 2. The third kappa shape index (κ3) is 2.54. The van der Waals surface area contributed by atoms with Gasteiger partial charge in [0.2, 0.25) is 0 Å². The number of benzene rings is 1.